The minimum absolute atomic E-state index is 0.206. The maximum Gasteiger partial charge on any atom is 0.326 e. The number of nitrogens with zero attached hydrogens (tertiary/aromatic N) is 2. The van der Waals surface area contributed by atoms with E-state index < -0.39 is 12.0 Å². The number of carbonyl (C=O) groups excluding carboxylic acids is 1. The average molecular weight is 438 g/mol. The number of carboxylic acids is 1. The Hall–Kier alpha value is -4.52. The molecule has 7 nitrogen and oxygen atoms in total. The van der Waals surface area contributed by atoms with E-state index in [4.69, 9.17) is 0 Å². The molecular formula is C26H22N4O3. The van der Waals surface area contributed by atoms with E-state index >= 15 is 0 Å². The van der Waals surface area contributed by atoms with Crippen LogP contribution in [0.3, 0.4) is 0 Å². The van der Waals surface area contributed by atoms with Crippen LogP contribution in [0.15, 0.2) is 97.3 Å². The van der Waals surface area contributed by atoms with E-state index in [9.17, 15) is 14.7 Å². The van der Waals surface area contributed by atoms with Crippen LogP contribution in [-0.2, 0) is 11.2 Å². The Kier molecular flexibility index (Phi) is 6.70. The quantitative estimate of drug-likeness (QED) is 0.374. The maximum absolute atomic E-state index is 12.4. The van der Waals surface area contributed by atoms with Crippen LogP contribution >= 0.6 is 0 Å². The minimum atomic E-state index is -0.965. The largest absolute Gasteiger partial charge is 0.480 e. The summed E-state index contributed by atoms with van der Waals surface area (Å²) in [5.74, 6) is -0.759. The highest BCUT2D eigenvalue weighted by atomic mass is 16.4. The number of para-hydroxylation sites is 1. The third-order valence-electron chi connectivity index (χ3n) is 5.04. The second-order valence-electron chi connectivity index (χ2n) is 7.41. The molecule has 4 aromatic rings. The number of carbonyl (C=O) groups is 2. The van der Waals surface area contributed by atoms with Crippen molar-refractivity contribution in [1.82, 2.24) is 9.97 Å². The van der Waals surface area contributed by atoms with Crippen LogP contribution in [0.2, 0.25) is 0 Å². The summed E-state index contributed by atoms with van der Waals surface area (Å²) in [6, 6.07) is 26.6. The zero-order chi connectivity index (χ0) is 23.0. The van der Waals surface area contributed by atoms with Crippen LogP contribution < -0.4 is 10.6 Å². The Morgan fingerprint density at radius 1 is 0.848 bits per heavy atom. The highest BCUT2D eigenvalue weighted by Gasteiger charge is 2.18. The predicted octanol–water partition coefficient (Wildman–Crippen LogP) is 4.50. The van der Waals surface area contributed by atoms with Gasteiger partial charge in [-0.25, -0.2) is 14.8 Å². The molecule has 1 heterocycles. The van der Waals surface area contributed by atoms with Gasteiger partial charge in [-0.3, -0.25) is 4.79 Å². The first-order chi connectivity index (χ1) is 16.1. The standard InChI is InChI=1S/C26H22N4O3/c31-25(29-21-9-5-2-6-10-21)20-13-11-19(12-14-20)22-16-24(28-17-27-22)30-23(26(32)33)15-18-7-3-1-4-8-18/h1-14,16-17,23H,15H2,(H,29,31)(H,32,33)(H,27,28,30). The first kappa shape index (κ1) is 21.7. The zero-order valence-electron chi connectivity index (χ0n) is 17.7. The van der Waals surface area contributed by atoms with Crippen molar-refractivity contribution in [3.8, 4) is 11.3 Å². The Labute approximate surface area is 191 Å². The second-order valence-corrected chi connectivity index (χ2v) is 7.41. The fraction of sp³-hybridized carbons (Fsp3) is 0.0769. The van der Waals surface area contributed by atoms with E-state index in [1.165, 1.54) is 6.33 Å². The van der Waals surface area contributed by atoms with Gasteiger partial charge in [-0.15, -0.1) is 0 Å². The summed E-state index contributed by atoms with van der Waals surface area (Å²) in [6.45, 7) is 0. The third-order valence-corrected chi connectivity index (χ3v) is 5.04. The normalized spacial score (nSPS) is 11.4. The smallest absolute Gasteiger partial charge is 0.326 e. The SMILES string of the molecule is O=C(Nc1ccccc1)c1ccc(-c2cc(NC(Cc3ccccc3)C(=O)O)ncn2)cc1. The van der Waals surface area contributed by atoms with Crippen molar-refractivity contribution in [2.75, 3.05) is 10.6 Å². The number of amides is 1. The molecule has 4 rings (SSSR count). The fourth-order valence-electron chi connectivity index (χ4n) is 3.34. The van der Waals surface area contributed by atoms with Crippen molar-refractivity contribution in [2.45, 2.75) is 12.5 Å². The molecule has 0 bridgehead atoms. The Morgan fingerprint density at radius 2 is 1.52 bits per heavy atom. The predicted molar refractivity (Wildman–Crippen MR) is 127 cm³/mol. The van der Waals surface area contributed by atoms with E-state index in [1.807, 2.05) is 60.7 Å². The summed E-state index contributed by atoms with van der Waals surface area (Å²) in [7, 11) is 0. The van der Waals surface area contributed by atoms with E-state index in [1.54, 1.807) is 30.3 Å². The van der Waals surface area contributed by atoms with E-state index in [0.717, 1.165) is 16.8 Å². The van der Waals surface area contributed by atoms with E-state index in [-0.39, 0.29) is 5.91 Å². The van der Waals surface area contributed by atoms with Crippen molar-refractivity contribution in [3.63, 3.8) is 0 Å². The van der Waals surface area contributed by atoms with Crippen LogP contribution in [0.4, 0.5) is 11.5 Å². The highest BCUT2D eigenvalue weighted by molar-refractivity contribution is 6.04. The molecule has 0 aliphatic carbocycles. The average Bonchev–Trinajstić information content (AvgIpc) is 2.85. The summed E-state index contributed by atoms with van der Waals surface area (Å²) in [5.41, 5.74) is 3.56. The lowest BCUT2D eigenvalue weighted by Gasteiger charge is -2.15. The lowest BCUT2D eigenvalue weighted by atomic mass is 10.1. The Morgan fingerprint density at radius 3 is 2.18 bits per heavy atom. The molecule has 3 aromatic carbocycles. The molecule has 0 fully saturated rings. The van der Waals surface area contributed by atoms with Crippen LogP contribution in [0.25, 0.3) is 11.3 Å². The third kappa shape index (κ3) is 5.80. The van der Waals surface area contributed by atoms with Gasteiger partial charge in [0.2, 0.25) is 0 Å². The topological polar surface area (TPSA) is 104 Å². The maximum atomic E-state index is 12.4. The summed E-state index contributed by atoms with van der Waals surface area (Å²) < 4.78 is 0. The molecule has 0 saturated carbocycles. The van der Waals surface area contributed by atoms with Crippen molar-refractivity contribution in [1.29, 1.82) is 0 Å². The summed E-state index contributed by atoms with van der Waals surface area (Å²) in [4.78, 5) is 32.7. The molecule has 164 valence electrons. The molecule has 1 aromatic heterocycles. The van der Waals surface area contributed by atoms with Crippen molar-refractivity contribution < 1.29 is 14.7 Å². The molecule has 1 unspecified atom stereocenters. The number of anilines is 2. The number of hydrogen-bond acceptors (Lipinski definition) is 5. The number of aromatic nitrogens is 2. The van der Waals surface area contributed by atoms with Crippen LogP contribution in [0.1, 0.15) is 15.9 Å². The number of nitrogens with one attached hydrogen (secondary N) is 2. The lowest BCUT2D eigenvalue weighted by Crippen LogP contribution is -2.31. The molecule has 0 aliphatic rings. The van der Waals surface area contributed by atoms with Crippen molar-refractivity contribution in [2.24, 2.45) is 0 Å². The first-order valence-corrected chi connectivity index (χ1v) is 10.4. The van der Waals surface area contributed by atoms with E-state index in [0.29, 0.717) is 23.5 Å². The highest BCUT2D eigenvalue weighted by Crippen LogP contribution is 2.21. The van der Waals surface area contributed by atoms with Gasteiger partial charge in [-0.1, -0.05) is 60.7 Å². The fourth-order valence-corrected chi connectivity index (χ4v) is 3.34. The van der Waals surface area contributed by atoms with Gasteiger partial charge in [0.15, 0.2) is 0 Å². The van der Waals surface area contributed by atoms with Gasteiger partial charge in [0.1, 0.15) is 18.2 Å². The van der Waals surface area contributed by atoms with Crippen LogP contribution in [0, 0.1) is 0 Å². The molecule has 0 spiro atoms. The first-order valence-electron chi connectivity index (χ1n) is 10.4. The van der Waals surface area contributed by atoms with Crippen LogP contribution in [0.5, 0.6) is 0 Å². The summed E-state index contributed by atoms with van der Waals surface area (Å²) in [5, 5.41) is 15.5. The molecule has 0 radical (unpaired) electrons. The van der Waals surface area contributed by atoms with Crippen molar-refractivity contribution in [3.05, 3.63) is 108 Å². The second kappa shape index (κ2) is 10.2. The van der Waals surface area contributed by atoms with Gasteiger partial charge in [0, 0.05) is 29.3 Å². The van der Waals surface area contributed by atoms with Gasteiger partial charge >= 0.3 is 5.97 Å². The van der Waals surface area contributed by atoms with Gasteiger partial charge in [0.05, 0.1) is 5.69 Å². The number of hydrogen-bond donors (Lipinski definition) is 3. The van der Waals surface area contributed by atoms with Crippen LogP contribution in [-0.4, -0.2) is 33.0 Å². The number of aliphatic carboxylic acids is 1. The molecule has 0 aliphatic heterocycles. The zero-order valence-corrected chi connectivity index (χ0v) is 17.7. The monoisotopic (exact) mass is 438 g/mol. The summed E-state index contributed by atoms with van der Waals surface area (Å²) >= 11 is 0. The van der Waals surface area contributed by atoms with Gasteiger partial charge in [-0.05, 0) is 29.8 Å². The minimum Gasteiger partial charge on any atom is -0.480 e. The van der Waals surface area contributed by atoms with Crippen molar-refractivity contribution >= 4 is 23.4 Å². The number of carboxylic acid groups (broad SMARTS) is 1. The van der Waals surface area contributed by atoms with Gasteiger partial charge in [0.25, 0.3) is 5.91 Å². The summed E-state index contributed by atoms with van der Waals surface area (Å²) in [6.07, 6.45) is 1.70. The molecule has 7 heteroatoms. The van der Waals surface area contributed by atoms with E-state index in [2.05, 4.69) is 20.6 Å². The Bertz CT molecular complexity index is 1230. The number of rotatable bonds is 8. The molecule has 3 N–H and O–H groups in total. The Balaban J connectivity index is 1.46. The molecule has 1 amide bonds. The molecular weight excluding hydrogens is 416 g/mol. The van der Waals surface area contributed by atoms with Gasteiger partial charge in [-0.2, -0.15) is 0 Å². The molecule has 1 atom stereocenters. The van der Waals surface area contributed by atoms with Gasteiger partial charge < -0.3 is 15.7 Å². The lowest BCUT2D eigenvalue weighted by molar-refractivity contribution is -0.137. The molecule has 0 saturated heterocycles. The molecule has 33 heavy (non-hydrogen) atoms. The number of benzene rings is 3.